The van der Waals surface area contributed by atoms with E-state index in [-0.39, 0.29) is 5.91 Å². The monoisotopic (exact) mass is 397 g/mol. The number of amides is 1. The van der Waals surface area contributed by atoms with E-state index >= 15 is 0 Å². The molecule has 4 nitrogen and oxygen atoms in total. The summed E-state index contributed by atoms with van der Waals surface area (Å²) < 4.78 is 4.85. The third-order valence-electron chi connectivity index (χ3n) is 4.49. The summed E-state index contributed by atoms with van der Waals surface area (Å²) in [7, 11) is -2.65. The first-order chi connectivity index (χ1) is 14.3. The van der Waals surface area contributed by atoms with Gasteiger partial charge in [-0.25, -0.2) is 0 Å². The molecule has 4 rings (SSSR count). The lowest BCUT2D eigenvalue weighted by Gasteiger charge is -2.27. The van der Waals surface area contributed by atoms with E-state index in [1.807, 2.05) is 91.0 Å². The van der Waals surface area contributed by atoms with Gasteiger partial charge < -0.3 is 5.09 Å². The van der Waals surface area contributed by atoms with E-state index in [0.717, 1.165) is 16.3 Å². The maximum atomic E-state index is 13.2. The van der Waals surface area contributed by atoms with E-state index in [4.69, 9.17) is 4.74 Å². The SMILES string of the molecule is O=C(N=P(Nc1ccncc1)(c1ccccc1)c1ccccc1)c1ccccc1. The number of nitrogens with zero attached hydrogens (tertiary/aromatic N) is 2. The molecule has 29 heavy (non-hydrogen) atoms. The van der Waals surface area contributed by atoms with Crippen molar-refractivity contribution < 1.29 is 4.79 Å². The van der Waals surface area contributed by atoms with Gasteiger partial charge in [0.2, 0.25) is 0 Å². The van der Waals surface area contributed by atoms with Crippen LogP contribution in [0, 0.1) is 0 Å². The second-order valence-corrected chi connectivity index (χ2v) is 9.15. The second-order valence-electron chi connectivity index (χ2n) is 6.43. The zero-order valence-corrected chi connectivity index (χ0v) is 16.6. The van der Waals surface area contributed by atoms with Gasteiger partial charge in [0.05, 0.1) is 0 Å². The molecule has 5 heteroatoms. The topological polar surface area (TPSA) is 54.4 Å². The van der Waals surface area contributed by atoms with Crippen LogP contribution in [-0.4, -0.2) is 10.9 Å². The van der Waals surface area contributed by atoms with E-state index in [0.29, 0.717) is 5.56 Å². The van der Waals surface area contributed by atoms with Crippen molar-refractivity contribution in [3.63, 3.8) is 0 Å². The maximum absolute atomic E-state index is 13.2. The van der Waals surface area contributed by atoms with Gasteiger partial charge in [0.1, 0.15) is 7.21 Å². The summed E-state index contributed by atoms with van der Waals surface area (Å²) >= 11 is 0. The zero-order valence-electron chi connectivity index (χ0n) is 15.7. The highest BCUT2D eigenvalue weighted by atomic mass is 31.2. The quantitative estimate of drug-likeness (QED) is 0.477. The Kier molecular flexibility index (Phi) is 5.64. The van der Waals surface area contributed by atoms with Crippen molar-refractivity contribution in [1.29, 1.82) is 0 Å². The first kappa shape index (κ1) is 18.9. The van der Waals surface area contributed by atoms with Crippen LogP contribution in [0.3, 0.4) is 0 Å². The Morgan fingerprint density at radius 3 is 1.69 bits per heavy atom. The van der Waals surface area contributed by atoms with Crippen LogP contribution < -0.4 is 15.7 Å². The molecule has 142 valence electrons. The number of anilines is 1. The van der Waals surface area contributed by atoms with E-state index in [1.54, 1.807) is 24.5 Å². The molecule has 0 aliphatic heterocycles. The largest absolute Gasteiger partial charge is 0.345 e. The minimum atomic E-state index is -2.65. The standard InChI is InChI=1S/C24H20N3OP/c28-24(20-10-4-1-5-11-20)27-29(22-12-6-2-7-13-22,23-14-8-3-9-15-23)26-21-16-18-25-19-17-21/h1-19H,(H,25,26). The Hall–Kier alpha value is -3.49. The van der Waals surface area contributed by atoms with Crippen molar-refractivity contribution in [2.45, 2.75) is 0 Å². The molecule has 1 heterocycles. The summed E-state index contributed by atoms with van der Waals surface area (Å²) in [5.41, 5.74) is 1.44. The zero-order chi connectivity index (χ0) is 19.9. The number of carbonyl (C=O) groups excluding carboxylic acids is 1. The van der Waals surface area contributed by atoms with Crippen LogP contribution in [0.5, 0.6) is 0 Å². The normalized spacial score (nSPS) is 10.9. The Morgan fingerprint density at radius 2 is 1.17 bits per heavy atom. The summed E-state index contributed by atoms with van der Waals surface area (Å²) in [6.07, 6.45) is 3.46. The van der Waals surface area contributed by atoms with Gasteiger partial charge in [0.25, 0.3) is 5.91 Å². The number of nitrogens with one attached hydrogen (secondary N) is 1. The van der Waals surface area contributed by atoms with Crippen molar-refractivity contribution in [2.75, 3.05) is 5.09 Å². The van der Waals surface area contributed by atoms with Crippen molar-refractivity contribution in [3.05, 3.63) is 121 Å². The van der Waals surface area contributed by atoms with Crippen molar-refractivity contribution in [1.82, 2.24) is 4.98 Å². The molecule has 0 aliphatic rings. The third kappa shape index (κ3) is 4.18. The van der Waals surface area contributed by atoms with Gasteiger partial charge in [-0.05, 0) is 24.3 Å². The van der Waals surface area contributed by atoms with E-state index in [2.05, 4.69) is 10.1 Å². The van der Waals surface area contributed by atoms with Crippen molar-refractivity contribution >= 4 is 29.4 Å². The first-order valence-electron chi connectivity index (χ1n) is 9.29. The Labute approximate surface area is 170 Å². The molecule has 0 radical (unpaired) electrons. The van der Waals surface area contributed by atoms with Gasteiger partial charge in [-0.15, -0.1) is 0 Å². The van der Waals surface area contributed by atoms with Gasteiger partial charge in [0, 0.05) is 34.3 Å². The minimum Gasteiger partial charge on any atom is -0.345 e. The minimum absolute atomic E-state index is 0.242. The van der Waals surface area contributed by atoms with Crippen LogP contribution >= 0.6 is 7.21 Å². The van der Waals surface area contributed by atoms with Crippen LogP contribution in [0.1, 0.15) is 10.4 Å². The van der Waals surface area contributed by atoms with Gasteiger partial charge >= 0.3 is 0 Å². The van der Waals surface area contributed by atoms with Gasteiger partial charge in [-0.2, -0.15) is 4.74 Å². The molecule has 0 saturated carbocycles. The average Bonchev–Trinajstić information content (AvgIpc) is 2.81. The van der Waals surface area contributed by atoms with Crippen LogP contribution in [0.4, 0.5) is 5.69 Å². The highest BCUT2D eigenvalue weighted by molar-refractivity contribution is 7.82. The predicted octanol–water partition coefficient (Wildman–Crippen LogP) is 5.10. The van der Waals surface area contributed by atoms with E-state index in [9.17, 15) is 4.79 Å². The van der Waals surface area contributed by atoms with E-state index < -0.39 is 7.21 Å². The molecule has 1 amide bonds. The Balaban J connectivity index is 1.98. The summed E-state index contributed by atoms with van der Waals surface area (Å²) in [6.45, 7) is 0. The van der Waals surface area contributed by atoms with Crippen LogP contribution in [0.15, 0.2) is 120 Å². The Morgan fingerprint density at radius 1 is 0.690 bits per heavy atom. The number of benzene rings is 3. The fourth-order valence-corrected chi connectivity index (χ4v) is 6.05. The van der Waals surface area contributed by atoms with Gasteiger partial charge in [-0.3, -0.25) is 9.78 Å². The fourth-order valence-electron chi connectivity index (χ4n) is 3.09. The average molecular weight is 397 g/mol. The molecule has 1 N–H and O–H groups in total. The molecular formula is C24H20N3OP. The lowest BCUT2D eigenvalue weighted by Crippen LogP contribution is -2.23. The number of hydrogen-bond donors (Lipinski definition) is 1. The lowest BCUT2D eigenvalue weighted by molar-refractivity contribution is 0.100. The fraction of sp³-hybridized carbons (Fsp3) is 0. The number of rotatable bonds is 5. The molecule has 1 aromatic heterocycles. The summed E-state index contributed by atoms with van der Waals surface area (Å²) in [5.74, 6) is -0.242. The highest BCUT2D eigenvalue weighted by Gasteiger charge is 2.27. The number of pyridine rings is 1. The third-order valence-corrected chi connectivity index (χ3v) is 7.65. The molecule has 0 aliphatic carbocycles. The summed E-state index contributed by atoms with van der Waals surface area (Å²) in [6, 6.07) is 32.9. The molecule has 3 aromatic carbocycles. The number of carbonyl (C=O) groups is 1. The molecule has 0 atom stereocenters. The van der Waals surface area contributed by atoms with Crippen LogP contribution in [0.2, 0.25) is 0 Å². The molecule has 4 aromatic rings. The molecule has 0 spiro atoms. The van der Waals surface area contributed by atoms with Gasteiger partial charge in [0.15, 0.2) is 0 Å². The number of aromatic nitrogens is 1. The Bertz CT molecular complexity index is 1090. The first-order valence-corrected chi connectivity index (χ1v) is 11.0. The smallest absolute Gasteiger partial charge is 0.277 e. The summed E-state index contributed by atoms with van der Waals surface area (Å²) in [4.78, 5) is 17.3. The highest BCUT2D eigenvalue weighted by Crippen LogP contribution is 2.47. The second kappa shape index (κ2) is 8.68. The summed E-state index contributed by atoms with van der Waals surface area (Å²) in [5, 5.41) is 5.57. The lowest BCUT2D eigenvalue weighted by atomic mass is 10.2. The molecule has 0 unspecified atom stereocenters. The van der Waals surface area contributed by atoms with Gasteiger partial charge in [-0.1, -0.05) is 78.9 Å². The van der Waals surface area contributed by atoms with E-state index in [1.165, 1.54) is 0 Å². The number of hydrogen-bond acceptors (Lipinski definition) is 2. The molecule has 0 bridgehead atoms. The van der Waals surface area contributed by atoms with Crippen molar-refractivity contribution in [2.24, 2.45) is 4.74 Å². The molecular weight excluding hydrogens is 377 g/mol. The molecule has 0 saturated heterocycles. The van der Waals surface area contributed by atoms with Crippen LogP contribution in [0.25, 0.3) is 0 Å². The van der Waals surface area contributed by atoms with Crippen LogP contribution in [-0.2, 0) is 0 Å². The maximum Gasteiger partial charge on any atom is 0.277 e. The predicted molar refractivity (Wildman–Crippen MR) is 120 cm³/mol. The molecule has 0 fully saturated rings. The van der Waals surface area contributed by atoms with Crippen molar-refractivity contribution in [3.8, 4) is 0 Å².